The fourth-order valence-electron chi connectivity index (χ4n) is 1.70. The summed E-state index contributed by atoms with van der Waals surface area (Å²) in [6.45, 7) is 4.27. The van der Waals surface area contributed by atoms with Crippen LogP contribution in [-0.2, 0) is 11.3 Å². The van der Waals surface area contributed by atoms with E-state index in [4.69, 9.17) is 10.2 Å². The van der Waals surface area contributed by atoms with Gasteiger partial charge in [-0.15, -0.1) is 0 Å². The first kappa shape index (κ1) is 14.7. The molecule has 102 valence electrons. The summed E-state index contributed by atoms with van der Waals surface area (Å²) in [6.07, 6.45) is 0.837. The van der Waals surface area contributed by atoms with Crippen molar-refractivity contribution in [3.05, 3.63) is 23.7 Å². The standard InChI is InChI=1S/C13H23N3O2/c1-11-5-6-12(18-11)9-15(2)10-13(17)16(3)8-4-7-14/h5-6H,4,7-10,14H2,1-3H3. The third kappa shape index (κ3) is 4.89. The molecule has 0 unspecified atom stereocenters. The maximum atomic E-state index is 11.9. The Labute approximate surface area is 109 Å². The van der Waals surface area contributed by atoms with E-state index >= 15 is 0 Å². The molecule has 0 aliphatic rings. The second-order valence-corrected chi connectivity index (χ2v) is 4.64. The van der Waals surface area contributed by atoms with Gasteiger partial charge in [0, 0.05) is 13.6 Å². The number of furan rings is 1. The largest absolute Gasteiger partial charge is 0.465 e. The van der Waals surface area contributed by atoms with Crippen molar-refractivity contribution in [2.24, 2.45) is 5.73 Å². The van der Waals surface area contributed by atoms with Gasteiger partial charge in [-0.25, -0.2) is 0 Å². The van der Waals surface area contributed by atoms with Crippen LogP contribution in [-0.4, -0.2) is 49.4 Å². The van der Waals surface area contributed by atoms with Crippen LogP contribution >= 0.6 is 0 Å². The Balaban J connectivity index is 2.35. The number of amides is 1. The predicted molar refractivity (Wildman–Crippen MR) is 71.1 cm³/mol. The molecule has 1 rings (SSSR count). The highest BCUT2D eigenvalue weighted by Crippen LogP contribution is 2.08. The first-order valence-electron chi connectivity index (χ1n) is 6.21. The normalized spacial score (nSPS) is 10.9. The van der Waals surface area contributed by atoms with Crippen LogP contribution in [0.15, 0.2) is 16.5 Å². The van der Waals surface area contributed by atoms with Crippen molar-refractivity contribution in [2.45, 2.75) is 19.9 Å². The third-order valence-corrected chi connectivity index (χ3v) is 2.75. The van der Waals surface area contributed by atoms with E-state index in [0.29, 0.717) is 26.2 Å². The van der Waals surface area contributed by atoms with E-state index in [1.54, 1.807) is 4.90 Å². The molecule has 0 radical (unpaired) electrons. The molecule has 1 amide bonds. The summed E-state index contributed by atoms with van der Waals surface area (Å²) >= 11 is 0. The monoisotopic (exact) mass is 253 g/mol. The highest BCUT2D eigenvalue weighted by molar-refractivity contribution is 5.77. The summed E-state index contributed by atoms with van der Waals surface area (Å²) in [5.74, 6) is 1.88. The molecule has 0 aliphatic carbocycles. The van der Waals surface area contributed by atoms with Crippen LogP contribution in [0.5, 0.6) is 0 Å². The number of rotatable bonds is 7. The third-order valence-electron chi connectivity index (χ3n) is 2.75. The summed E-state index contributed by atoms with van der Waals surface area (Å²) in [6, 6.07) is 3.87. The predicted octanol–water partition coefficient (Wildman–Crippen LogP) is 0.827. The average molecular weight is 253 g/mol. The summed E-state index contributed by atoms with van der Waals surface area (Å²) in [5, 5.41) is 0. The van der Waals surface area contributed by atoms with E-state index in [0.717, 1.165) is 17.9 Å². The van der Waals surface area contributed by atoms with Gasteiger partial charge in [-0.3, -0.25) is 9.69 Å². The van der Waals surface area contributed by atoms with E-state index in [9.17, 15) is 4.79 Å². The van der Waals surface area contributed by atoms with E-state index in [2.05, 4.69) is 0 Å². The van der Waals surface area contributed by atoms with E-state index in [1.165, 1.54) is 0 Å². The molecule has 0 saturated carbocycles. The number of likely N-dealkylation sites (N-methyl/N-ethyl adjacent to an activating group) is 2. The molecule has 18 heavy (non-hydrogen) atoms. The van der Waals surface area contributed by atoms with Gasteiger partial charge in [-0.1, -0.05) is 0 Å². The molecule has 0 saturated heterocycles. The van der Waals surface area contributed by atoms with E-state index in [1.807, 2.05) is 38.1 Å². The van der Waals surface area contributed by atoms with Crippen LogP contribution in [0.1, 0.15) is 17.9 Å². The quantitative estimate of drug-likeness (QED) is 0.781. The molecule has 0 aliphatic heterocycles. The summed E-state index contributed by atoms with van der Waals surface area (Å²) in [5.41, 5.74) is 5.42. The van der Waals surface area contributed by atoms with Crippen molar-refractivity contribution in [1.82, 2.24) is 9.80 Å². The molecule has 5 nitrogen and oxygen atoms in total. The van der Waals surface area contributed by atoms with E-state index in [-0.39, 0.29) is 5.91 Å². The summed E-state index contributed by atoms with van der Waals surface area (Å²) in [4.78, 5) is 15.5. The smallest absolute Gasteiger partial charge is 0.236 e. The van der Waals surface area contributed by atoms with Gasteiger partial charge in [-0.2, -0.15) is 0 Å². The zero-order valence-corrected chi connectivity index (χ0v) is 11.5. The van der Waals surface area contributed by atoms with Crippen molar-refractivity contribution in [2.75, 3.05) is 33.7 Å². The zero-order valence-electron chi connectivity index (χ0n) is 11.5. The maximum absolute atomic E-state index is 11.9. The van der Waals surface area contributed by atoms with Gasteiger partial charge in [-0.05, 0) is 39.1 Å². The van der Waals surface area contributed by atoms with Gasteiger partial charge in [0.05, 0.1) is 13.1 Å². The van der Waals surface area contributed by atoms with Crippen LogP contribution < -0.4 is 5.73 Å². The molecule has 1 aromatic rings. The Morgan fingerprint density at radius 3 is 2.67 bits per heavy atom. The van der Waals surface area contributed by atoms with Crippen LogP contribution in [0.3, 0.4) is 0 Å². The van der Waals surface area contributed by atoms with Gasteiger partial charge in [0.15, 0.2) is 0 Å². The molecular weight excluding hydrogens is 230 g/mol. The Hall–Kier alpha value is -1.33. The van der Waals surface area contributed by atoms with Crippen LogP contribution in [0.4, 0.5) is 0 Å². The molecule has 0 atom stereocenters. The zero-order chi connectivity index (χ0) is 13.5. The lowest BCUT2D eigenvalue weighted by molar-refractivity contribution is -0.131. The van der Waals surface area contributed by atoms with Crippen LogP contribution in [0.2, 0.25) is 0 Å². The van der Waals surface area contributed by atoms with Crippen molar-refractivity contribution in [3.63, 3.8) is 0 Å². The molecule has 0 fully saturated rings. The first-order chi connectivity index (χ1) is 8.52. The fourth-order valence-corrected chi connectivity index (χ4v) is 1.70. The molecule has 1 heterocycles. The SMILES string of the molecule is Cc1ccc(CN(C)CC(=O)N(C)CCCN)o1. The van der Waals surface area contributed by atoms with Gasteiger partial charge < -0.3 is 15.1 Å². The van der Waals surface area contributed by atoms with Crippen molar-refractivity contribution in [3.8, 4) is 0 Å². The fraction of sp³-hybridized carbons (Fsp3) is 0.615. The highest BCUT2D eigenvalue weighted by Gasteiger charge is 2.12. The van der Waals surface area contributed by atoms with Crippen molar-refractivity contribution in [1.29, 1.82) is 0 Å². The van der Waals surface area contributed by atoms with E-state index < -0.39 is 0 Å². The summed E-state index contributed by atoms with van der Waals surface area (Å²) < 4.78 is 5.48. The maximum Gasteiger partial charge on any atom is 0.236 e. The van der Waals surface area contributed by atoms with Crippen LogP contribution in [0, 0.1) is 6.92 Å². The van der Waals surface area contributed by atoms with Gasteiger partial charge in [0.1, 0.15) is 11.5 Å². The van der Waals surface area contributed by atoms with Gasteiger partial charge in [0.25, 0.3) is 0 Å². The lowest BCUT2D eigenvalue weighted by Crippen LogP contribution is -2.37. The lowest BCUT2D eigenvalue weighted by Gasteiger charge is -2.21. The summed E-state index contributed by atoms with van der Waals surface area (Å²) in [7, 11) is 3.72. The molecule has 1 aromatic heterocycles. The topological polar surface area (TPSA) is 62.7 Å². The minimum Gasteiger partial charge on any atom is -0.465 e. The van der Waals surface area contributed by atoms with Crippen molar-refractivity contribution >= 4 is 5.91 Å². The highest BCUT2D eigenvalue weighted by atomic mass is 16.3. The molecule has 5 heteroatoms. The number of hydrogen-bond acceptors (Lipinski definition) is 4. The molecule has 0 spiro atoms. The minimum atomic E-state index is 0.106. The minimum absolute atomic E-state index is 0.106. The average Bonchev–Trinajstić information content (AvgIpc) is 2.71. The number of nitrogens with zero attached hydrogens (tertiary/aromatic N) is 2. The van der Waals surface area contributed by atoms with Crippen molar-refractivity contribution < 1.29 is 9.21 Å². The Morgan fingerprint density at radius 2 is 2.11 bits per heavy atom. The number of nitrogens with two attached hydrogens (primary N) is 1. The molecule has 0 aromatic carbocycles. The second-order valence-electron chi connectivity index (χ2n) is 4.64. The Kier molecular flexibility index (Phi) is 5.88. The Bertz CT molecular complexity index is 376. The number of hydrogen-bond donors (Lipinski definition) is 1. The molecule has 2 N–H and O–H groups in total. The molecule has 0 bridgehead atoms. The lowest BCUT2D eigenvalue weighted by atomic mass is 10.3. The Morgan fingerprint density at radius 1 is 1.39 bits per heavy atom. The number of carbonyl (C=O) groups is 1. The van der Waals surface area contributed by atoms with Crippen LogP contribution in [0.25, 0.3) is 0 Å². The molecular formula is C13H23N3O2. The first-order valence-corrected chi connectivity index (χ1v) is 6.21. The number of carbonyl (C=O) groups excluding carboxylic acids is 1. The van der Waals surface area contributed by atoms with Gasteiger partial charge >= 0.3 is 0 Å². The second kappa shape index (κ2) is 7.18. The van der Waals surface area contributed by atoms with Gasteiger partial charge in [0.2, 0.25) is 5.91 Å². The number of aryl methyl sites for hydroxylation is 1.